The van der Waals surface area contributed by atoms with Gasteiger partial charge in [0.25, 0.3) is 0 Å². The van der Waals surface area contributed by atoms with Crippen LogP contribution >= 0.6 is 0 Å². The van der Waals surface area contributed by atoms with Crippen LogP contribution in [0.5, 0.6) is 0 Å². The molecule has 0 aromatic carbocycles. The molecular formula is C61H115NO5. The molecule has 0 spiro atoms. The SMILES string of the molecule is CCCCCC/C=C\CCCCCCCC(=O)OCCCCCC/C=C\CCCCCCCCCC(=O)NC(CO)C(O)/C=C/CCCCCCCCCCCCCCCCCCCCCC. The minimum Gasteiger partial charge on any atom is -0.466 e. The summed E-state index contributed by atoms with van der Waals surface area (Å²) in [7, 11) is 0. The highest BCUT2D eigenvalue weighted by atomic mass is 16.5. The number of carbonyl (C=O) groups excluding carboxylic acids is 2. The van der Waals surface area contributed by atoms with Gasteiger partial charge in [-0.3, -0.25) is 9.59 Å². The van der Waals surface area contributed by atoms with Crippen molar-refractivity contribution < 1.29 is 24.5 Å². The Morgan fingerprint density at radius 3 is 1.07 bits per heavy atom. The Morgan fingerprint density at radius 2 is 0.701 bits per heavy atom. The van der Waals surface area contributed by atoms with E-state index in [4.69, 9.17) is 4.74 Å². The molecule has 0 aliphatic heterocycles. The topological polar surface area (TPSA) is 95.9 Å². The molecule has 0 saturated heterocycles. The van der Waals surface area contributed by atoms with Gasteiger partial charge in [0, 0.05) is 12.8 Å². The molecule has 0 fully saturated rings. The van der Waals surface area contributed by atoms with Crippen molar-refractivity contribution in [3.8, 4) is 0 Å². The molecular weight excluding hydrogens is 827 g/mol. The van der Waals surface area contributed by atoms with E-state index in [2.05, 4.69) is 43.5 Å². The van der Waals surface area contributed by atoms with E-state index >= 15 is 0 Å². The van der Waals surface area contributed by atoms with Crippen molar-refractivity contribution in [2.75, 3.05) is 13.2 Å². The van der Waals surface area contributed by atoms with Crippen molar-refractivity contribution in [2.24, 2.45) is 0 Å². The van der Waals surface area contributed by atoms with Gasteiger partial charge >= 0.3 is 5.97 Å². The molecule has 6 nitrogen and oxygen atoms in total. The van der Waals surface area contributed by atoms with Gasteiger partial charge in [-0.2, -0.15) is 0 Å². The number of amides is 1. The Bertz CT molecular complexity index is 1090. The van der Waals surface area contributed by atoms with Crippen molar-refractivity contribution in [1.29, 1.82) is 0 Å². The minimum atomic E-state index is -0.856. The van der Waals surface area contributed by atoms with Crippen LogP contribution in [0.3, 0.4) is 0 Å². The van der Waals surface area contributed by atoms with Gasteiger partial charge in [0.2, 0.25) is 5.91 Å². The van der Waals surface area contributed by atoms with E-state index in [0.717, 1.165) is 70.6 Å². The van der Waals surface area contributed by atoms with Crippen LogP contribution < -0.4 is 5.32 Å². The molecule has 394 valence electrons. The summed E-state index contributed by atoms with van der Waals surface area (Å²) in [6.07, 6.45) is 70.3. The van der Waals surface area contributed by atoms with Gasteiger partial charge in [-0.05, 0) is 83.5 Å². The molecule has 0 aromatic rings. The van der Waals surface area contributed by atoms with E-state index < -0.39 is 12.1 Å². The number of unbranched alkanes of at least 4 members (excludes halogenated alkanes) is 40. The van der Waals surface area contributed by atoms with E-state index in [1.165, 1.54) is 218 Å². The molecule has 0 heterocycles. The Kier molecular flexibility index (Phi) is 55.0. The normalized spacial score (nSPS) is 12.8. The second-order valence-electron chi connectivity index (χ2n) is 20.3. The fourth-order valence-electron chi connectivity index (χ4n) is 9.03. The van der Waals surface area contributed by atoms with Crippen LogP contribution in [0.4, 0.5) is 0 Å². The van der Waals surface area contributed by atoms with Gasteiger partial charge in [-0.15, -0.1) is 0 Å². The lowest BCUT2D eigenvalue weighted by molar-refractivity contribution is -0.143. The fraction of sp³-hybridized carbons (Fsp3) is 0.869. The van der Waals surface area contributed by atoms with Gasteiger partial charge in [-0.25, -0.2) is 0 Å². The third-order valence-electron chi connectivity index (χ3n) is 13.6. The summed E-state index contributed by atoms with van der Waals surface area (Å²) in [5, 5.41) is 23.2. The standard InChI is InChI=1S/C61H115NO5/c1-3-5-7-9-11-13-15-17-18-19-20-21-22-23-24-26-30-33-37-41-45-49-53-59(64)58(57-63)62-60(65)54-50-46-42-38-34-31-27-25-28-32-36-40-44-48-52-56-67-61(66)55-51-47-43-39-35-29-16-14-12-10-8-6-4-2/h14,16,28,32,49,53,58-59,63-64H,3-13,15,17-27,29-31,33-48,50-52,54-57H2,1-2H3,(H,62,65)/b16-14-,32-28-,53-49+. The van der Waals surface area contributed by atoms with Gasteiger partial charge < -0.3 is 20.3 Å². The van der Waals surface area contributed by atoms with Crippen LogP contribution in [-0.2, 0) is 14.3 Å². The monoisotopic (exact) mass is 942 g/mol. The Balaban J connectivity index is 3.51. The first-order valence-corrected chi connectivity index (χ1v) is 29.8. The number of hydrogen-bond donors (Lipinski definition) is 3. The number of hydrogen-bond acceptors (Lipinski definition) is 5. The zero-order chi connectivity index (χ0) is 48.6. The van der Waals surface area contributed by atoms with Gasteiger partial charge in [0.15, 0.2) is 0 Å². The molecule has 0 saturated carbocycles. The quantitative estimate of drug-likeness (QED) is 0.0321. The molecule has 0 radical (unpaired) electrons. The maximum Gasteiger partial charge on any atom is 0.305 e. The van der Waals surface area contributed by atoms with Crippen molar-refractivity contribution >= 4 is 11.9 Å². The largest absolute Gasteiger partial charge is 0.466 e. The molecule has 1 amide bonds. The summed E-state index contributed by atoms with van der Waals surface area (Å²) in [6.45, 7) is 4.86. The number of esters is 1. The number of allylic oxidation sites excluding steroid dienone is 5. The molecule has 0 bridgehead atoms. The first-order valence-electron chi connectivity index (χ1n) is 29.8. The van der Waals surface area contributed by atoms with Crippen LogP contribution in [0.25, 0.3) is 0 Å². The molecule has 3 N–H and O–H groups in total. The predicted molar refractivity (Wildman–Crippen MR) is 292 cm³/mol. The lowest BCUT2D eigenvalue weighted by atomic mass is 10.0. The number of rotatable bonds is 55. The van der Waals surface area contributed by atoms with Gasteiger partial charge in [-0.1, -0.05) is 256 Å². The maximum atomic E-state index is 12.5. The predicted octanol–water partition coefficient (Wildman–Crippen LogP) is 18.4. The molecule has 6 heteroatoms. The van der Waals surface area contributed by atoms with Crippen molar-refractivity contribution in [3.63, 3.8) is 0 Å². The smallest absolute Gasteiger partial charge is 0.305 e. The van der Waals surface area contributed by atoms with Crippen molar-refractivity contribution in [2.45, 2.75) is 328 Å². The molecule has 0 aliphatic rings. The highest BCUT2D eigenvalue weighted by Gasteiger charge is 2.18. The third kappa shape index (κ3) is 53.3. The molecule has 67 heavy (non-hydrogen) atoms. The van der Waals surface area contributed by atoms with Crippen LogP contribution in [-0.4, -0.2) is 47.4 Å². The summed E-state index contributed by atoms with van der Waals surface area (Å²) < 4.78 is 5.45. The zero-order valence-electron chi connectivity index (χ0n) is 44.9. The maximum absolute atomic E-state index is 12.5. The van der Waals surface area contributed by atoms with Crippen molar-refractivity contribution in [3.05, 3.63) is 36.5 Å². The van der Waals surface area contributed by atoms with Crippen LogP contribution in [0, 0.1) is 0 Å². The minimum absolute atomic E-state index is 0.0203. The zero-order valence-corrected chi connectivity index (χ0v) is 44.9. The summed E-state index contributed by atoms with van der Waals surface area (Å²) in [5.74, 6) is -0.102. The second kappa shape index (κ2) is 56.7. The van der Waals surface area contributed by atoms with Crippen LogP contribution in [0.1, 0.15) is 316 Å². The summed E-state index contributed by atoms with van der Waals surface area (Å²) in [6, 6.07) is -0.641. The highest BCUT2D eigenvalue weighted by Crippen LogP contribution is 2.17. The Labute approximate surface area is 417 Å². The van der Waals surface area contributed by atoms with Gasteiger partial charge in [0.05, 0.1) is 25.4 Å². The van der Waals surface area contributed by atoms with Crippen LogP contribution in [0.2, 0.25) is 0 Å². The summed E-state index contributed by atoms with van der Waals surface area (Å²) in [5.41, 5.74) is 0. The number of carbonyl (C=O) groups is 2. The molecule has 0 rings (SSSR count). The summed E-state index contributed by atoms with van der Waals surface area (Å²) >= 11 is 0. The highest BCUT2D eigenvalue weighted by molar-refractivity contribution is 5.76. The Hall–Kier alpha value is -1.92. The van der Waals surface area contributed by atoms with Crippen molar-refractivity contribution in [1.82, 2.24) is 5.32 Å². The number of ether oxygens (including phenoxy) is 1. The lowest BCUT2D eigenvalue weighted by Crippen LogP contribution is -2.45. The Morgan fingerprint density at radius 1 is 0.403 bits per heavy atom. The fourth-order valence-corrected chi connectivity index (χ4v) is 9.03. The molecule has 0 aliphatic carbocycles. The lowest BCUT2D eigenvalue weighted by Gasteiger charge is -2.20. The van der Waals surface area contributed by atoms with E-state index in [1.54, 1.807) is 6.08 Å². The van der Waals surface area contributed by atoms with E-state index in [1.807, 2.05) is 6.08 Å². The van der Waals surface area contributed by atoms with E-state index in [9.17, 15) is 19.8 Å². The van der Waals surface area contributed by atoms with E-state index in [-0.39, 0.29) is 18.5 Å². The average molecular weight is 943 g/mol. The first kappa shape index (κ1) is 65.1. The van der Waals surface area contributed by atoms with E-state index in [0.29, 0.717) is 19.4 Å². The van der Waals surface area contributed by atoms with Gasteiger partial charge in [0.1, 0.15) is 0 Å². The molecule has 0 aromatic heterocycles. The van der Waals surface area contributed by atoms with Crippen LogP contribution in [0.15, 0.2) is 36.5 Å². The number of aliphatic hydroxyl groups is 2. The number of aliphatic hydroxyl groups excluding tert-OH is 2. The summed E-state index contributed by atoms with van der Waals surface area (Å²) in [4.78, 5) is 24.5. The number of nitrogens with one attached hydrogen (secondary N) is 1. The average Bonchev–Trinajstić information content (AvgIpc) is 3.33. The molecule has 2 atom stereocenters. The molecule has 2 unspecified atom stereocenters. The first-order chi connectivity index (χ1) is 33.0. The third-order valence-corrected chi connectivity index (χ3v) is 13.6. The second-order valence-corrected chi connectivity index (χ2v) is 20.3.